The van der Waals surface area contributed by atoms with E-state index in [1.54, 1.807) is 25.1 Å². The molecule has 0 bridgehead atoms. The van der Waals surface area contributed by atoms with Crippen molar-refractivity contribution in [1.29, 1.82) is 0 Å². The minimum atomic E-state index is -0.709. The lowest BCUT2D eigenvalue weighted by atomic mass is 10.3. The predicted molar refractivity (Wildman–Crippen MR) is 70.0 cm³/mol. The molecule has 0 saturated carbocycles. The van der Waals surface area contributed by atoms with Gasteiger partial charge in [0.05, 0.1) is 17.3 Å². The average Bonchev–Trinajstić information content (AvgIpc) is 2.30. The summed E-state index contributed by atoms with van der Waals surface area (Å²) in [6.45, 7) is 1.89. The van der Waals surface area contributed by atoms with Crippen LogP contribution in [0.4, 0.5) is 5.69 Å². The maximum atomic E-state index is 11.1. The Balaban J connectivity index is 2.75. The molecule has 0 unspecified atom stereocenters. The predicted octanol–water partition coefficient (Wildman–Crippen LogP) is 3.52. The minimum Gasteiger partial charge on any atom is -0.461 e. The van der Waals surface area contributed by atoms with Crippen LogP contribution in [0.2, 0.25) is 10.0 Å². The SMILES string of the molecule is CCOC(=O)C(Cl)=NNc1cc(Cl)ccc1Cl. The third kappa shape index (κ3) is 4.42. The van der Waals surface area contributed by atoms with Gasteiger partial charge in [-0.1, -0.05) is 34.8 Å². The number of rotatable bonds is 4. The van der Waals surface area contributed by atoms with E-state index < -0.39 is 5.97 Å². The minimum absolute atomic E-state index is 0.225. The first-order chi connectivity index (χ1) is 8.04. The van der Waals surface area contributed by atoms with E-state index >= 15 is 0 Å². The van der Waals surface area contributed by atoms with Gasteiger partial charge in [-0.2, -0.15) is 5.10 Å². The normalized spacial score (nSPS) is 11.2. The molecule has 0 radical (unpaired) electrons. The molecule has 1 rings (SSSR count). The van der Waals surface area contributed by atoms with Gasteiger partial charge in [-0.05, 0) is 25.1 Å². The fourth-order valence-corrected chi connectivity index (χ4v) is 1.36. The van der Waals surface area contributed by atoms with E-state index in [0.29, 0.717) is 15.7 Å². The number of halogens is 3. The summed E-state index contributed by atoms with van der Waals surface area (Å²) in [5.41, 5.74) is 2.98. The van der Waals surface area contributed by atoms with Crippen LogP contribution in [-0.4, -0.2) is 17.7 Å². The molecule has 4 nitrogen and oxygen atoms in total. The van der Waals surface area contributed by atoms with Crippen LogP contribution >= 0.6 is 34.8 Å². The smallest absolute Gasteiger partial charge is 0.370 e. The number of carbonyl (C=O) groups is 1. The summed E-state index contributed by atoms with van der Waals surface area (Å²) >= 11 is 17.2. The molecule has 0 atom stereocenters. The number of esters is 1. The number of hydrogen-bond donors (Lipinski definition) is 1. The van der Waals surface area contributed by atoms with Gasteiger partial charge in [-0.3, -0.25) is 5.43 Å². The molecule has 92 valence electrons. The number of hydrogen-bond acceptors (Lipinski definition) is 4. The first-order valence-electron chi connectivity index (χ1n) is 4.66. The third-order valence-corrected chi connectivity index (χ3v) is 2.45. The molecule has 0 aliphatic carbocycles. The van der Waals surface area contributed by atoms with Crippen molar-refractivity contribution in [3.05, 3.63) is 28.2 Å². The van der Waals surface area contributed by atoms with Crippen LogP contribution in [0.3, 0.4) is 0 Å². The number of ether oxygens (including phenoxy) is 1. The second kappa shape index (κ2) is 6.69. The Kier molecular flexibility index (Phi) is 5.55. The molecule has 0 fully saturated rings. The fourth-order valence-electron chi connectivity index (χ4n) is 0.929. The van der Waals surface area contributed by atoms with Gasteiger partial charge >= 0.3 is 5.97 Å². The van der Waals surface area contributed by atoms with Gasteiger partial charge in [0.15, 0.2) is 0 Å². The summed E-state index contributed by atoms with van der Waals surface area (Å²) in [5.74, 6) is -0.709. The molecule has 0 saturated heterocycles. The molecule has 1 aromatic carbocycles. The van der Waals surface area contributed by atoms with Crippen LogP contribution in [0, 0.1) is 0 Å². The van der Waals surface area contributed by atoms with Gasteiger partial charge < -0.3 is 4.74 Å². The molecule has 1 aromatic rings. The second-order valence-corrected chi connectivity index (χ2v) is 4.06. The van der Waals surface area contributed by atoms with E-state index in [2.05, 4.69) is 15.3 Å². The number of hydrazone groups is 1. The lowest BCUT2D eigenvalue weighted by Crippen LogP contribution is -2.13. The highest BCUT2D eigenvalue weighted by atomic mass is 35.5. The first-order valence-corrected chi connectivity index (χ1v) is 5.79. The molecule has 1 N–H and O–H groups in total. The Bertz CT molecular complexity index is 449. The summed E-state index contributed by atoms with van der Waals surface area (Å²) in [6.07, 6.45) is 0. The number of benzene rings is 1. The summed E-state index contributed by atoms with van der Waals surface area (Å²) in [5, 5.41) is 4.21. The fraction of sp³-hybridized carbons (Fsp3) is 0.200. The van der Waals surface area contributed by atoms with Gasteiger partial charge in [-0.25, -0.2) is 4.79 Å². The van der Waals surface area contributed by atoms with Gasteiger partial charge in [0.1, 0.15) is 0 Å². The first kappa shape index (κ1) is 14.1. The Morgan fingerprint density at radius 3 is 2.82 bits per heavy atom. The lowest BCUT2D eigenvalue weighted by Gasteiger charge is -2.04. The van der Waals surface area contributed by atoms with E-state index in [-0.39, 0.29) is 11.8 Å². The van der Waals surface area contributed by atoms with E-state index in [9.17, 15) is 4.79 Å². The van der Waals surface area contributed by atoms with Crippen molar-refractivity contribution in [2.45, 2.75) is 6.92 Å². The molecular weight excluding hydrogens is 286 g/mol. The molecule has 0 aliphatic rings. The molecular formula is C10H9Cl3N2O2. The summed E-state index contributed by atoms with van der Waals surface area (Å²) in [6, 6.07) is 4.79. The van der Waals surface area contributed by atoms with Gasteiger partial charge in [0.2, 0.25) is 5.17 Å². The van der Waals surface area contributed by atoms with Crippen LogP contribution in [0.1, 0.15) is 6.92 Å². The van der Waals surface area contributed by atoms with Crippen LogP contribution in [0.15, 0.2) is 23.3 Å². The highest BCUT2D eigenvalue weighted by Gasteiger charge is 2.09. The number of anilines is 1. The molecule has 0 aromatic heterocycles. The maximum Gasteiger partial charge on any atom is 0.370 e. The zero-order chi connectivity index (χ0) is 12.8. The molecule has 0 heterocycles. The Morgan fingerprint density at radius 2 is 2.18 bits per heavy atom. The summed E-state index contributed by atoms with van der Waals surface area (Å²) < 4.78 is 4.65. The van der Waals surface area contributed by atoms with E-state index in [0.717, 1.165) is 0 Å². The van der Waals surface area contributed by atoms with Crippen molar-refractivity contribution in [2.24, 2.45) is 5.10 Å². The molecule has 7 heteroatoms. The monoisotopic (exact) mass is 294 g/mol. The molecule has 0 amide bonds. The Morgan fingerprint density at radius 1 is 1.47 bits per heavy atom. The van der Waals surface area contributed by atoms with Crippen LogP contribution in [-0.2, 0) is 9.53 Å². The zero-order valence-corrected chi connectivity index (χ0v) is 11.1. The maximum absolute atomic E-state index is 11.1. The van der Waals surface area contributed by atoms with Gasteiger partial charge in [0, 0.05) is 5.02 Å². The third-order valence-electron chi connectivity index (χ3n) is 1.65. The van der Waals surface area contributed by atoms with Crippen molar-refractivity contribution in [3.8, 4) is 0 Å². The highest BCUT2D eigenvalue weighted by Crippen LogP contribution is 2.25. The highest BCUT2D eigenvalue weighted by molar-refractivity contribution is 6.82. The molecule has 0 spiro atoms. The van der Waals surface area contributed by atoms with Gasteiger partial charge in [0.25, 0.3) is 0 Å². The van der Waals surface area contributed by atoms with Crippen molar-refractivity contribution in [2.75, 3.05) is 12.0 Å². The second-order valence-electron chi connectivity index (χ2n) is 2.86. The van der Waals surface area contributed by atoms with Crippen molar-refractivity contribution < 1.29 is 9.53 Å². The van der Waals surface area contributed by atoms with Gasteiger partial charge in [-0.15, -0.1) is 0 Å². The average molecular weight is 296 g/mol. The topological polar surface area (TPSA) is 50.7 Å². The Hall–Kier alpha value is -0.970. The van der Waals surface area contributed by atoms with Crippen molar-refractivity contribution in [1.82, 2.24) is 0 Å². The standard InChI is InChI=1S/C10H9Cl3N2O2/c1-2-17-10(16)9(13)15-14-8-5-6(11)3-4-7(8)12/h3-5,14H,2H2,1H3. The molecule has 17 heavy (non-hydrogen) atoms. The summed E-state index contributed by atoms with van der Waals surface area (Å²) in [7, 11) is 0. The van der Waals surface area contributed by atoms with E-state index in [1.807, 2.05) is 0 Å². The quantitative estimate of drug-likeness (QED) is 0.525. The lowest BCUT2D eigenvalue weighted by molar-refractivity contribution is -0.134. The molecule has 0 aliphatic heterocycles. The van der Waals surface area contributed by atoms with Crippen molar-refractivity contribution >= 4 is 51.6 Å². The van der Waals surface area contributed by atoms with Crippen LogP contribution in [0.25, 0.3) is 0 Å². The summed E-state index contributed by atoms with van der Waals surface area (Å²) in [4.78, 5) is 11.1. The number of carbonyl (C=O) groups excluding carboxylic acids is 1. The van der Waals surface area contributed by atoms with E-state index in [4.69, 9.17) is 34.8 Å². The van der Waals surface area contributed by atoms with Crippen LogP contribution in [0.5, 0.6) is 0 Å². The largest absolute Gasteiger partial charge is 0.461 e. The number of nitrogens with zero attached hydrogens (tertiary/aromatic N) is 1. The van der Waals surface area contributed by atoms with E-state index in [1.165, 1.54) is 0 Å². The van der Waals surface area contributed by atoms with Crippen LogP contribution < -0.4 is 5.43 Å². The van der Waals surface area contributed by atoms with Crippen molar-refractivity contribution in [3.63, 3.8) is 0 Å². The zero-order valence-electron chi connectivity index (χ0n) is 8.84. The number of nitrogens with one attached hydrogen (secondary N) is 1. The Labute approximate surface area is 113 Å².